The first-order valence-electron chi connectivity index (χ1n) is 8.91. The van der Waals surface area contributed by atoms with Crippen LogP contribution in [0, 0.1) is 0 Å². The molecule has 144 valence electrons. The standard InChI is InChI=1S/C18H17N5O4S/c24-28(25,15-6-7-16-17(11-15)27-9-8-26-16)20-13-3-1-2-12(10-13)18-19-21-22-23(18)14-4-5-14/h1-3,6-7,10-11,14,20H,4-5,8-9H2. The SMILES string of the molecule is O=S(=O)(Nc1cccc(-c2nnnn2C2CC2)c1)c1ccc2c(c1)OCCO2. The van der Waals surface area contributed by atoms with E-state index in [9.17, 15) is 8.42 Å². The van der Waals surface area contributed by atoms with Crippen molar-refractivity contribution in [1.29, 1.82) is 0 Å². The molecule has 0 amide bonds. The van der Waals surface area contributed by atoms with Crippen LogP contribution in [0.3, 0.4) is 0 Å². The molecule has 1 aromatic heterocycles. The highest BCUT2D eigenvalue weighted by molar-refractivity contribution is 7.92. The number of anilines is 1. The second-order valence-electron chi connectivity index (χ2n) is 6.67. The van der Waals surface area contributed by atoms with Crippen LogP contribution in [0.25, 0.3) is 11.4 Å². The highest BCUT2D eigenvalue weighted by Crippen LogP contribution is 2.37. The molecule has 0 unspecified atom stereocenters. The number of sulfonamides is 1. The third-order valence-electron chi connectivity index (χ3n) is 4.58. The lowest BCUT2D eigenvalue weighted by Gasteiger charge is -2.19. The molecule has 2 heterocycles. The van der Waals surface area contributed by atoms with Crippen molar-refractivity contribution < 1.29 is 17.9 Å². The van der Waals surface area contributed by atoms with Crippen molar-refractivity contribution in [1.82, 2.24) is 20.2 Å². The van der Waals surface area contributed by atoms with Crippen LogP contribution >= 0.6 is 0 Å². The van der Waals surface area contributed by atoms with Crippen LogP contribution in [-0.2, 0) is 10.0 Å². The molecule has 5 rings (SSSR count). The van der Waals surface area contributed by atoms with E-state index in [0.29, 0.717) is 42.3 Å². The Hall–Kier alpha value is -3.14. The zero-order valence-electron chi connectivity index (χ0n) is 14.8. The smallest absolute Gasteiger partial charge is 0.262 e. The predicted octanol–water partition coefficient (Wildman–Crippen LogP) is 2.25. The number of hydrogen-bond acceptors (Lipinski definition) is 7. The van der Waals surface area contributed by atoms with Gasteiger partial charge in [0.25, 0.3) is 10.0 Å². The maximum atomic E-state index is 12.8. The van der Waals surface area contributed by atoms with E-state index in [1.54, 1.807) is 28.9 Å². The van der Waals surface area contributed by atoms with E-state index in [0.717, 1.165) is 18.4 Å². The Morgan fingerprint density at radius 1 is 1.04 bits per heavy atom. The average Bonchev–Trinajstić information content (AvgIpc) is 3.43. The molecular formula is C18H17N5O4S. The molecule has 28 heavy (non-hydrogen) atoms. The van der Waals surface area contributed by atoms with Gasteiger partial charge in [-0.15, -0.1) is 5.10 Å². The van der Waals surface area contributed by atoms with E-state index >= 15 is 0 Å². The Morgan fingerprint density at radius 3 is 2.68 bits per heavy atom. The van der Waals surface area contributed by atoms with Crippen molar-refractivity contribution in [3.8, 4) is 22.9 Å². The highest BCUT2D eigenvalue weighted by atomic mass is 32.2. The van der Waals surface area contributed by atoms with Crippen LogP contribution in [-0.4, -0.2) is 41.8 Å². The second kappa shape index (κ2) is 6.48. The first-order chi connectivity index (χ1) is 13.6. The maximum Gasteiger partial charge on any atom is 0.262 e. The van der Waals surface area contributed by atoms with Crippen LogP contribution in [0.1, 0.15) is 18.9 Å². The number of benzene rings is 2. The summed E-state index contributed by atoms with van der Waals surface area (Å²) in [6, 6.07) is 11.9. The molecule has 1 saturated carbocycles. The normalized spacial score (nSPS) is 16.0. The van der Waals surface area contributed by atoms with Crippen LogP contribution in [0.5, 0.6) is 11.5 Å². The van der Waals surface area contributed by atoms with Crippen LogP contribution < -0.4 is 14.2 Å². The fraction of sp³-hybridized carbons (Fsp3) is 0.278. The molecule has 9 nitrogen and oxygen atoms in total. The summed E-state index contributed by atoms with van der Waals surface area (Å²) < 4.78 is 40.9. The summed E-state index contributed by atoms with van der Waals surface area (Å²) in [4.78, 5) is 0.102. The summed E-state index contributed by atoms with van der Waals surface area (Å²) >= 11 is 0. The minimum Gasteiger partial charge on any atom is -0.486 e. The largest absolute Gasteiger partial charge is 0.486 e. The maximum absolute atomic E-state index is 12.8. The lowest BCUT2D eigenvalue weighted by molar-refractivity contribution is 0.171. The highest BCUT2D eigenvalue weighted by Gasteiger charge is 2.28. The zero-order valence-corrected chi connectivity index (χ0v) is 15.6. The van der Waals surface area contributed by atoms with Gasteiger partial charge >= 0.3 is 0 Å². The average molecular weight is 399 g/mol. The third-order valence-corrected chi connectivity index (χ3v) is 5.96. The molecule has 0 atom stereocenters. The molecule has 0 saturated heterocycles. The van der Waals surface area contributed by atoms with Gasteiger partial charge in [0.15, 0.2) is 17.3 Å². The van der Waals surface area contributed by atoms with Gasteiger partial charge in [0.1, 0.15) is 13.2 Å². The van der Waals surface area contributed by atoms with Crippen molar-refractivity contribution in [3.05, 3.63) is 42.5 Å². The number of ether oxygens (including phenoxy) is 2. The molecule has 2 aliphatic rings. The summed E-state index contributed by atoms with van der Waals surface area (Å²) in [6.45, 7) is 0.839. The Labute approximate surface area is 161 Å². The van der Waals surface area contributed by atoms with Gasteiger partial charge in [0.2, 0.25) is 0 Å². The Kier molecular flexibility index (Phi) is 3.93. The van der Waals surface area contributed by atoms with E-state index in [-0.39, 0.29) is 4.90 Å². The summed E-state index contributed by atoms with van der Waals surface area (Å²) in [7, 11) is -3.79. The lowest BCUT2D eigenvalue weighted by Crippen LogP contribution is -2.17. The van der Waals surface area contributed by atoms with Crippen LogP contribution in [0.15, 0.2) is 47.4 Å². The van der Waals surface area contributed by atoms with E-state index in [1.165, 1.54) is 12.1 Å². The molecular weight excluding hydrogens is 382 g/mol. The van der Waals surface area contributed by atoms with Gasteiger partial charge in [-0.1, -0.05) is 12.1 Å². The Balaban J connectivity index is 1.43. The van der Waals surface area contributed by atoms with Crippen molar-refractivity contribution >= 4 is 15.7 Å². The van der Waals surface area contributed by atoms with Crippen molar-refractivity contribution in [2.45, 2.75) is 23.8 Å². The van der Waals surface area contributed by atoms with E-state index < -0.39 is 10.0 Å². The van der Waals surface area contributed by atoms with Crippen LogP contribution in [0.4, 0.5) is 5.69 Å². The number of tetrazole rings is 1. The molecule has 2 aromatic carbocycles. The number of nitrogens with one attached hydrogen (secondary N) is 1. The predicted molar refractivity (Wildman–Crippen MR) is 99.8 cm³/mol. The van der Waals surface area contributed by atoms with E-state index in [1.807, 2.05) is 6.07 Å². The Morgan fingerprint density at radius 2 is 1.86 bits per heavy atom. The minimum atomic E-state index is -3.79. The van der Waals surface area contributed by atoms with E-state index in [2.05, 4.69) is 20.2 Å². The molecule has 1 fully saturated rings. The van der Waals surface area contributed by atoms with Gasteiger partial charge in [0, 0.05) is 17.3 Å². The van der Waals surface area contributed by atoms with Gasteiger partial charge in [-0.25, -0.2) is 13.1 Å². The molecule has 1 N–H and O–H groups in total. The summed E-state index contributed by atoms with van der Waals surface area (Å²) in [5, 5.41) is 11.9. The molecule has 3 aromatic rings. The molecule has 1 aliphatic heterocycles. The zero-order chi connectivity index (χ0) is 19.1. The van der Waals surface area contributed by atoms with Gasteiger partial charge in [-0.05, 0) is 47.5 Å². The van der Waals surface area contributed by atoms with Gasteiger partial charge in [0.05, 0.1) is 10.9 Å². The quantitative estimate of drug-likeness (QED) is 0.701. The molecule has 0 bridgehead atoms. The second-order valence-corrected chi connectivity index (χ2v) is 8.35. The third kappa shape index (κ3) is 3.15. The monoisotopic (exact) mass is 399 g/mol. The fourth-order valence-electron chi connectivity index (χ4n) is 3.08. The first kappa shape index (κ1) is 17.0. The van der Waals surface area contributed by atoms with Gasteiger partial charge in [-0.3, -0.25) is 4.72 Å². The number of nitrogens with zero attached hydrogens (tertiary/aromatic N) is 4. The number of aromatic nitrogens is 4. The van der Waals surface area contributed by atoms with Crippen molar-refractivity contribution in [3.63, 3.8) is 0 Å². The number of fused-ring (bicyclic) bond motifs is 1. The van der Waals surface area contributed by atoms with E-state index in [4.69, 9.17) is 9.47 Å². The fourth-order valence-corrected chi connectivity index (χ4v) is 4.14. The van der Waals surface area contributed by atoms with Gasteiger partial charge < -0.3 is 9.47 Å². The number of rotatable bonds is 5. The minimum absolute atomic E-state index is 0.102. The topological polar surface area (TPSA) is 108 Å². The van der Waals surface area contributed by atoms with Gasteiger partial charge in [-0.2, -0.15) is 0 Å². The molecule has 0 spiro atoms. The van der Waals surface area contributed by atoms with Crippen molar-refractivity contribution in [2.24, 2.45) is 0 Å². The summed E-state index contributed by atoms with van der Waals surface area (Å²) in [5.41, 5.74) is 1.18. The first-order valence-corrected chi connectivity index (χ1v) is 10.4. The Bertz CT molecular complexity index is 1140. The van der Waals surface area contributed by atoms with Crippen LogP contribution in [0.2, 0.25) is 0 Å². The van der Waals surface area contributed by atoms with Crippen molar-refractivity contribution in [2.75, 3.05) is 17.9 Å². The number of hydrogen-bond donors (Lipinski definition) is 1. The summed E-state index contributed by atoms with van der Waals surface area (Å²) in [6.07, 6.45) is 2.10. The lowest BCUT2D eigenvalue weighted by atomic mass is 10.2. The molecule has 10 heteroatoms. The molecule has 0 radical (unpaired) electrons. The summed E-state index contributed by atoms with van der Waals surface area (Å²) in [5.74, 6) is 1.59. The molecule has 1 aliphatic carbocycles.